The molecule has 2 atom stereocenters. The van der Waals surface area contributed by atoms with Crippen LogP contribution in [-0.4, -0.2) is 28.1 Å². The molecule has 4 nitrogen and oxygen atoms in total. The third-order valence-electron chi connectivity index (χ3n) is 2.93. The molecule has 15 heavy (non-hydrogen) atoms. The van der Waals surface area contributed by atoms with Crippen LogP contribution in [0.5, 0.6) is 0 Å². The molecule has 0 radical (unpaired) electrons. The molecule has 0 amide bonds. The number of rotatable bonds is 3. The molecule has 1 aromatic rings. The number of aliphatic hydroxyl groups excluding tert-OH is 1. The lowest BCUT2D eigenvalue weighted by Crippen LogP contribution is -2.17. The fraction of sp³-hybridized carbons (Fsp3) is 0.727. The van der Waals surface area contributed by atoms with E-state index in [2.05, 4.69) is 18.9 Å². The maximum atomic E-state index is 9.26. The highest BCUT2D eigenvalue weighted by atomic mass is 16.5. The molecule has 1 aliphatic rings. The van der Waals surface area contributed by atoms with E-state index in [9.17, 15) is 5.11 Å². The average Bonchev–Trinajstić information content (AvgIpc) is 2.85. The van der Waals surface area contributed by atoms with Gasteiger partial charge in [-0.1, -0.05) is 0 Å². The molecule has 0 aliphatic carbocycles. The summed E-state index contributed by atoms with van der Waals surface area (Å²) in [7, 11) is 0. The molecule has 0 aromatic carbocycles. The van der Waals surface area contributed by atoms with Crippen molar-refractivity contribution in [3.63, 3.8) is 0 Å². The number of hydrogen-bond donors (Lipinski definition) is 1. The molecule has 2 unspecified atom stereocenters. The number of aliphatic hydroxyl groups is 1. The van der Waals surface area contributed by atoms with E-state index in [1.54, 1.807) is 6.20 Å². The minimum Gasteiger partial charge on any atom is -0.396 e. The van der Waals surface area contributed by atoms with Gasteiger partial charge in [0, 0.05) is 31.4 Å². The van der Waals surface area contributed by atoms with Gasteiger partial charge in [0.1, 0.15) is 6.10 Å². The predicted octanol–water partition coefficient (Wildman–Crippen LogP) is 1.53. The summed E-state index contributed by atoms with van der Waals surface area (Å²) in [5.74, 6) is 0.221. The number of ether oxygens (including phenoxy) is 1. The summed E-state index contributed by atoms with van der Waals surface area (Å²) in [5, 5.41) is 13.5. The smallest absolute Gasteiger partial charge is 0.104 e. The summed E-state index contributed by atoms with van der Waals surface area (Å²) in [4.78, 5) is 0. The molecule has 1 fully saturated rings. The van der Waals surface area contributed by atoms with Gasteiger partial charge < -0.3 is 9.84 Å². The van der Waals surface area contributed by atoms with E-state index in [4.69, 9.17) is 4.74 Å². The second-order valence-corrected chi connectivity index (χ2v) is 4.32. The SMILES string of the molecule is CC(C)n1nccc1C1OCCC1CO. The van der Waals surface area contributed by atoms with Crippen molar-refractivity contribution < 1.29 is 9.84 Å². The first-order valence-corrected chi connectivity index (χ1v) is 5.50. The Balaban J connectivity index is 2.24. The molecule has 1 N–H and O–H groups in total. The van der Waals surface area contributed by atoms with Crippen molar-refractivity contribution in [2.45, 2.75) is 32.4 Å². The Kier molecular flexibility index (Phi) is 3.07. The summed E-state index contributed by atoms with van der Waals surface area (Å²) >= 11 is 0. The van der Waals surface area contributed by atoms with E-state index in [-0.39, 0.29) is 18.6 Å². The first-order valence-electron chi connectivity index (χ1n) is 5.50. The van der Waals surface area contributed by atoms with Gasteiger partial charge in [0.15, 0.2) is 0 Å². The minimum atomic E-state index is 0.0138. The Labute approximate surface area is 89.9 Å². The van der Waals surface area contributed by atoms with Crippen molar-refractivity contribution in [2.24, 2.45) is 5.92 Å². The zero-order valence-corrected chi connectivity index (χ0v) is 9.26. The standard InChI is InChI=1S/C11H18N2O2/c1-8(2)13-10(3-5-12-13)11-9(7-14)4-6-15-11/h3,5,8-9,11,14H,4,6-7H2,1-2H3. The van der Waals surface area contributed by atoms with Crippen LogP contribution in [0.15, 0.2) is 12.3 Å². The number of aromatic nitrogens is 2. The highest BCUT2D eigenvalue weighted by Gasteiger charge is 2.31. The summed E-state index contributed by atoms with van der Waals surface area (Å²) in [5.41, 5.74) is 1.08. The van der Waals surface area contributed by atoms with Crippen LogP contribution < -0.4 is 0 Å². The monoisotopic (exact) mass is 210 g/mol. The van der Waals surface area contributed by atoms with Gasteiger partial charge in [-0.05, 0) is 26.3 Å². The molecule has 0 spiro atoms. The van der Waals surface area contributed by atoms with E-state index < -0.39 is 0 Å². The van der Waals surface area contributed by atoms with E-state index in [0.29, 0.717) is 6.04 Å². The Bertz CT molecular complexity index is 322. The Hall–Kier alpha value is -0.870. The highest BCUT2D eigenvalue weighted by molar-refractivity contribution is 5.08. The van der Waals surface area contributed by atoms with Gasteiger partial charge in [0.05, 0.1) is 5.69 Å². The molecule has 1 aromatic heterocycles. The average molecular weight is 210 g/mol. The second-order valence-electron chi connectivity index (χ2n) is 4.32. The van der Waals surface area contributed by atoms with Gasteiger partial charge >= 0.3 is 0 Å². The summed E-state index contributed by atoms with van der Waals surface area (Å²) in [6, 6.07) is 2.32. The van der Waals surface area contributed by atoms with Crippen molar-refractivity contribution in [3.8, 4) is 0 Å². The van der Waals surface area contributed by atoms with Crippen LogP contribution in [0.3, 0.4) is 0 Å². The molecule has 2 rings (SSSR count). The molecule has 0 saturated carbocycles. The van der Waals surface area contributed by atoms with Gasteiger partial charge in [0.2, 0.25) is 0 Å². The normalized spacial score (nSPS) is 26.4. The molecular weight excluding hydrogens is 192 g/mol. The Morgan fingerprint density at radius 3 is 3.13 bits per heavy atom. The molecule has 84 valence electrons. The lowest BCUT2D eigenvalue weighted by molar-refractivity contribution is 0.0642. The van der Waals surface area contributed by atoms with Crippen LogP contribution in [0.4, 0.5) is 0 Å². The zero-order valence-electron chi connectivity index (χ0n) is 9.26. The second kappa shape index (κ2) is 4.33. The topological polar surface area (TPSA) is 47.3 Å². The predicted molar refractivity (Wildman–Crippen MR) is 56.5 cm³/mol. The number of hydrogen-bond acceptors (Lipinski definition) is 3. The van der Waals surface area contributed by atoms with Gasteiger partial charge in [-0.15, -0.1) is 0 Å². The summed E-state index contributed by atoms with van der Waals surface area (Å²) < 4.78 is 7.64. The van der Waals surface area contributed by atoms with Crippen molar-refractivity contribution >= 4 is 0 Å². The van der Waals surface area contributed by atoms with Gasteiger partial charge in [-0.3, -0.25) is 4.68 Å². The lowest BCUT2D eigenvalue weighted by Gasteiger charge is -2.19. The fourth-order valence-corrected chi connectivity index (χ4v) is 2.13. The van der Waals surface area contributed by atoms with E-state index >= 15 is 0 Å². The van der Waals surface area contributed by atoms with Crippen molar-refractivity contribution in [3.05, 3.63) is 18.0 Å². The van der Waals surface area contributed by atoms with Gasteiger partial charge in [-0.25, -0.2) is 0 Å². The van der Waals surface area contributed by atoms with E-state index in [0.717, 1.165) is 18.7 Å². The van der Waals surface area contributed by atoms with Crippen molar-refractivity contribution in [1.82, 2.24) is 9.78 Å². The molecule has 0 bridgehead atoms. The van der Waals surface area contributed by atoms with Gasteiger partial charge in [0.25, 0.3) is 0 Å². The van der Waals surface area contributed by atoms with Crippen LogP contribution in [0, 0.1) is 5.92 Å². The summed E-state index contributed by atoms with van der Waals surface area (Å²) in [6.07, 6.45) is 2.75. The van der Waals surface area contributed by atoms with Gasteiger partial charge in [-0.2, -0.15) is 5.10 Å². The molecule has 4 heteroatoms. The molecule has 1 saturated heterocycles. The van der Waals surface area contributed by atoms with Crippen LogP contribution >= 0.6 is 0 Å². The lowest BCUT2D eigenvalue weighted by atomic mass is 10.00. The van der Waals surface area contributed by atoms with Crippen molar-refractivity contribution in [1.29, 1.82) is 0 Å². The highest BCUT2D eigenvalue weighted by Crippen LogP contribution is 2.34. The van der Waals surface area contributed by atoms with Crippen LogP contribution in [0.2, 0.25) is 0 Å². The Morgan fingerprint density at radius 2 is 2.47 bits per heavy atom. The summed E-state index contributed by atoms with van der Waals surface area (Å²) in [6.45, 7) is 5.12. The zero-order chi connectivity index (χ0) is 10.8. The maximum absolute atomic E-state index is 9.26. The fourth-order valence-electron chi connectivity index (χ4n) is 2.13. The number of nitrogens with zero attached hydrogens (tertiary/aromatic N) is 2. The van der Waals surface area contributed by atoms with Crippen LogP contribution in [0.25, 0.3) is 0 Å². The third-order valence-corrected chi connectivity index (χ3v) is 2.93. The quantitative estimate of drug-likeness (QED) is 0.823. The van der Waals surface area contributed by atoms with Crippen LogP contribution in [-0.2, 0) is 4.74 Å². The van der Waals surface area contributed by atoms with E-state index in [1.807, 2.05) is 10.7 Å². The first-order chi connectivity index (χ1) is 7.24. The third kappa shape index (κ3) is 1.92. The first kappa shape index (κ1) is 10.6. The van der Waals surface area contributed by atoms with E-state index in [1.165, 1.54) is 0 Å². The Morgan fingerprint density at radius 1 is 1.67 bits per heavy atom. The minimum absolute atomic E-state index is 0.0138. The molecular formula is C11H18N2O2. The van der Waals surface area contributed by atoms with Crippen molar-refractivity contribution in [2.75, 3.05) is 13.2 Å². The molecule has 2 heterocycles. The largest absolute Gasteiger partial charge is 0.396 e. The van der Waals surface area contributed by atoms with Crippen LogP contribution in [0.1, 0.15) is 38.1 Å². The molecule has 1 aliphatic heterocycles. The maximum Gasteiger partial charge on any atom is 0.104 e.